The molecule has 0 aliphatic rings. The zero-order chi connectivity index (χ0) is 18.5. The Morgan fingerprint density at radius 3 is 1.42 bits per heavy atom. The lowest BCUT2D eigenvalue weighted by Gasteiger charge is -2.36. The molecule has 144 valence electrons. The van der Waals surface area contributed by atoms with E-state index in [2.05, 4.69) is 6.92 Å². The summed E-state index contributed by atoms with van der Waals surface area (Å²) in [4.78, 5) is 10.1. The first-order valence-corrected chi connectivity index (χ1v) is 10.6. The van der Waals surface area contributed by atoms with Crippen LogP contribution < -0.4 is 0 Å². The Labute approximate surface area is 155 Å². The average molecular weight is 361 g/mol. The van der Waals surface area contributed by atoms with Crippen molar-refractivity contribution in [3.8, 4) is 0 Å². The number of hydrogen-bond acceptors (Lipinski definition) is 1. The molecule has 2 nitrogen and oxygen atoms in total. The van der Waals surface area contributed by atoms with E-state index in [0.29, 0.717) is 0 Å². The summed E-state index contributed by atoms with van der Waals surface area (Å²) in [6.45, 7) is 7.82. The first-order chi connectivity index (χ1) is 11.3. The third-order valence-corrected chi connectivity index (χ3v) is 6.25. The molecule has 0 spiro atoms. The first-order valence-electron chi connectivity index (χ1n) is 10.2. The molecule has 0 aromatic heterocycles. The molecule has 1 N–H and O–H groups in total. The van der Waals surface area contributed by atoms with Gasteiger partial charge in [-0.25, -0.2) is 0 Å². The fourth-order valence-electron chi connectivity index (χ4n) is 3.11. The molecule has 0 amide bonds. The minimum Gasteiger partial charge on any atom is -0.480 e. The Bertz CT molecular complexity index is 324. The molecule has 1 unspecified atom stereocenters. The first kappa shape index (κ1) is 23.8. The van der Waals surface area contributed by atoms with Crippen LogP contribution >= 0.6 is 11.6 Å². The summed E-state index contributed by atoms with van der Waals surface area (Å²) in [6.07, 6.45) is 18.2. The number of rotatable bonds is 16. The van der Waals surface area contributed by atoms with Gasteiger partial charge in [0.1, 0.15) is 4.87 Å². The standard InChI is InChI=1S/C21H41ClO2/c1-5-6-7-8-9-10-11-12-13-14-15-16-17-18-20(2,3)21(4,22)19(23)24/h5-18H2,1-4H3,(H,23,24). The van der Waals surface area contributed by atoms with Gasteiger partial charge in [0, 0.05) is 0 Å². The highest BCUT2D eigenvalue weighted by atomic mass is 35.5. The summed E-state index contributed by atoms with van der Waals surface area (Å²) in [7, 11) is 0. The van der Waals surface area contributed by atoms with Crippen LogP contribution in [-0.2, 0) is 4.79 Å². The predicted molar refractivity (Wildman–Crippen MR) is 106 cm³/mol. The van der Waals surface area contributed by atoms with Gasteiger partial charge < -0.3 is 5.11 Å². The largest absolute Gasteiger partial charge is 0.480 e. The smallest absolute Gasteiger partial charge is 0.325 e. The maximum atomic E-state index is 11.3. The number of unbranched alkanes of at least 4 members (excludes halogenated alkanes) is 12. The van der Waals surface area contributed by atoms with Crippen LogP contribution in [0.15, 0.2) is 0 Å². The Morgan fingerprint density at radius 1 is 0.750 bits per heavy atom. The molecule has 0 heterocycles. The molecule has 1 atom stereocenters. The second-order valence-electron chi connectivity index (χ2n) is 8.18. The van der Waals surface area contributed by atoms with Crippen LogP contribution in [0.4, 0.5) is 0 Å². The Balaban J connectivity index is 3.50. The summed E-state index contributed by atoms with van der Waals surface area (Å²) >= 11 is 6.21. The molecular weight excluding hydrogens is 320 g/mol. The van der Waals surface area contributed by atoms with Gasteiger partial charge in [-0.2, -0.15) is 0 Å². The fraction of sp³-hybridized carbons (Fsp3) is 0.952. The van der Waals surface area contributed by atoms with Crippen molar-refractivity contribution < 1.29 is 9.90 Å². The summed E-state index contributed by atoms with van der Waals surface area (Å²) in [6, 6.07) is 0. The summed E-state index contributed by atoms with van der Waals surface area (Å²) in [5.74, 6) is -0.913. The topological polar surface area (TPSA) is 37.3 Å². The zero-order valence-electron chi connectivity index (χ0n) is 16.6. The fourth-order valence-corrected chi connectivity index (χ4v) is 3.20. The molecule has 0 aromatic rings. The van der Waals surface area contributed by atoms with Gasteiger partial charge in [-0.15, -0.1) is 11.6 Å². The van der Waals surface area contributed by atoms with Crippen LogP contribution in [0.25, 0.3) is 0 Å². The molecule has 0 fully saturated rings. The van der Waals surface area contributed by atoms with Crippen molar-refractivity contribution in [1.29, 1.82) is 0 Å². The van der Waals surface area contributed by atoms with Crippen LogP contribution in [0.3, 0.4) is 0 Å². The Hall–Kier alpha value is -0.240. The molecule has 0 aliphatic heterocycles. The third-order valence-electron chi connectivity index (χ3n) is 5.58. The van der Waals surface area contributed by atoms with E-state index in [1.165, 1.54) is 77.0 Å². The summed E-state index contributed by atoms with van der Waals surface area (Å²) in [5, 5.41) is 9.25. The molecule has 0 rings (SSSR count). The van der Waals surface area contributed by atoms with Gasteiger partial charge in [-0.3, -0.25) is 4.79 Å². The SMILES string of the molecule is CCCCCCCCCCCCCCCC(C)(C)C(C)(Cl)C(=O)O. The quantitative estimate of drug-likeness (QED) is 0.227. The van der Waals surface area contributed by atoms with Crippen molar-refractivity contribution in [2.45, 2.75) is 122 Å². The van der Waals surface area contributed by atoms with E-state index in [1.807, 2.05) is 13.8 Å². The number of carbonyl (C=O) groups is 1. The van der Waals surface area contributed by atoms with Crippen LogP contribution in [-0.4, -0.2) is 16.0 Å². The van der Waals surface area contributed by atoms with Gasteiger partial charge in [-0.05, 0) is 18.8 Å². The lowest BCUT2D eigenvalue weighted by molar-refractivity contribution is -0.143. The van der Waals surface area contributed by atoms with Crippen molar-refractivity contribution in [3.05, 3.63) is 0 Å². The highest BCUT2D eigenvalue weighted by Crippen LogP contribution is 2.41. The van der Waals surface area contributed by atoms with Crippen molar-refractivity contribution in [2.75, 3.05) is 0 Å². The number of carboxylic acids is 1. The lowest BCUT2D eigenvalue weighted by atomic mass is 9.75. The van der Waals surface area contributed by atoms with E-state index in [4.69, 9.17) is 11.6 Å². The van der Waals surface area contributed by atoms with E-state index >= 15 is 0 Å². The van der Waals surface area contributed by atoms with Gasteiger partial charge >= 0.3 is 5.97 Å². The van der Waals surface area contributed by atoms with Crippen LogP contribution in [0.1, 0.15) is 118 Å². The van der Waals surface area contributed by atoms with Gasteiger partial charge in [0.25, 0.3) is 0 Å². The van der Waals surface area contributed by atoms with Crippen LogP contribution in [0.5, 0.6) is 0 Å². The Kier molecular flexibility index (Phi) is 12.9. The van der Waals surface area contributed by atoms with Gasteiger partial charge in [-0.1, -0.05) is 104 Å². The minimum absolute atomic E-state index is 0.377. The minimum atomic E-state index is -1.18. The van der Waals surface area contributed by atoms with Crippen molar-refractivity contribution >= 4 is 17.6 Å². The van der Waals surface area contributed by atoms with Gasteiger partial charge in [0.2, 0.25) is 0 Å². The zero-order valence-corrected chi connectivity index (χ0v) is 17.4. The van der Waals surface area contributed by atoms with Crippen molar-refractivity contribution in [3.63, 3.8) is 0 Å². The van der Waals surface area contributed by atoms with E-state index in [9.17, 15) is 9.90 Å². The molecule has 3 heteroatoms. The second-order valence-corrected chi connectivity index (χ2v) is 8.94. The van der Waals surface area contributed by atoms with E-state index in [1.54, 1.807) is 6.92 Å². The number of aliphatic carboxylic acids is 1. The average Bonchev–Trinajstić information content (AvgIpc) is 2.51. The maximum absolute atomic E-state index is 11.3. The number of carboxylic acid groups (broad SMARTS) is 1. The number of hydrogen-bond donors (Lipinski definition) is 1. The molecule has 0 radical (unpaired) electrons. The number of halogens is 1. The van der Waals surface area contributed by atoms with Crippen molar-refractivity contribution in [1.82, 2.24) is 0 Å². The highest BCUT2D eigenvalue weighted by Gasteiger charge is 2.45. The van der Waals surface area contributed by atoms with Gasteiger partial charge in [0.15, 0.2) is 0 Å². The second kappa shape index (κ2) is 13.0. The molecule has 0 saturated carbocycles. The van der Waals surface area contributed by atoms with Crippen LogP contribution in [0, 0.1) is 5.41 Å². The normalized spacial score (nSPS) is 14.5. The van der Waals surface area contributed by atoms with E-state index in [0.717, 1.165) is 12.8 Å². The third kappa shape index (κ3) is 9.91. The van der Waals surface area contributed by atoms with Crippen LogP contribution in [0.2, 0.25) is 0 Å². The molecule has 0 bridgehead atoms. The summed E-state index contributed by atoms with van der Waals surface area (Å²) in [5.41, 5.74) is -0.377. The summed E-state index contributed by atoms with van der Waals surface area (Å²) < 4.78 is 0. The number of alkyl halides is 1. The van der Waals surface area contributed by atoms with E-state index in [-0.39, 0.29) is 5.41 Å². The van der Waals surface area contributed by atoms with E-state index < -0.39 is 10.8 Å². The molecule has 0 aliphatic carbocycles. The van der Waals surface area contributed by atoms with Crippen molar-refractivity contribution in [2.24, 2.45) is 5.41 Å². The molecule has 24 heavy (non-hydrogen) atoms. The highest BCUT2D eigenvalue weighted by molar-refractivity contribution is 6.34. The monoisotopic (exact) mass is 360 g/mol. The molecule has 0 aromatic carbocycles. The van der Waals surface area contributed by atoms with Gasteiger partial charge in [0.05, 0.1) is 0 Å². The lowest BCUT2D eigenvalue weighted by Crippen LogP contribution is -2.43. The maximum Gasteiger partial charge on any atom is 0.325 e. The molecule has 0 saturated heterocycles. The predicted octanol–water partition coefficient (Wildman–Crippen LogP) is 7.58. The molecular formula is C21H41ClO2. The Morgan fingerprint density at radius 2 is 1.08 bits per heavy atom.